The average molecular weight is 158 g/mol. The predicted octanol–water partition coefficient (Wildman–Crippen LogP) is -1.08. The van der Waals surface area contributed by atoms with Crippen LogP contribution < -0.4 is 5.73 Å². The first-order valence-electron chi connectivity index (χ1n) is 3.25. The second-order valence-electron chi connectivity index (χ2n) is 2.08. The molecule has 1 rings (SSSR count). The number of hydrogen-bond acceptors (Lipinski definition) is 5. The molecule has 1 unspecified atom stereocenters. The molecule has 0 aromatic carbocycles. The summed E-state index contributed by atoms with van der Waals surface area (Å²) in [4.78, 5) is 14.7. The van der Waals surface area contributed by atoms with Gasteiger partial charge in [-0.15, -0.1) is 0 Å². The Bertz CT molecular complexity index is 190. The Balaban J connectivity index is 2.52. The molecule has 0 amide bonds. The third-order valence-corrected chi connectivity index (χ3v) is 1.36. The van der Waals surface area contributed by atoms with Crippen molar-refractivity contribution in [3.8, 4) is 0 Å². The summed E-state index contributed by atoms with van der Waals surface area (Å²) in [5.74, 6) is 0.0360. The van der Waals surface area contributed by atoms with Crippen molar-refractivity contribution in [2.45, 2.75) is 6.04 Å². The van der Waals surface area contributed by atoms with E-state index in [9.17, 15) is 4.79 Å². The second-order valence-corrected chi connectivity index (χ2v) is 2.08. The average Bonchev–Trinajstić information content (AvgIpc) is 2.50. The molecule has 0 aliphatic carbocycles. The molecule has 11 heavy (non-hydrogen) atoms. The van der Waals surface area contributed by atoms with Crippen molar-refractivity contribution in [2.75, 3.05) is 20.3 Å². The largest absolute Gasteiger partial charge is 0.477 e. The highest BCUT2D eigenvalue weighted by Crippen LogP contribution is 2.04. The fourth-order valence-electron chi connectivity index (χ4n) is 0.792. The molecule has 62 valence electrons. The SMILES string of the molecule is COC(=O)C1COC(CN)=N1. The minimum absolute atomic E-state index is 0.230. The van der Waals surface area contributed by atoms with Crippen LogP contribution in [0, 0.1) is 0 Å². The van der Waals surface area contributed by atoms with Gasteiger partial charge in [-0.1, -0.05) is 0 Å². The molecule has 2 N–H and O–H groups in total. The molecule has 0 aromatic rings. The molecule has 1 aliphatic heterocycles. The molecule has 0 fully saturated rings. The zero-order valence-electron chi connectivity index (χ0n) is 6.24. The molecule has 5 heteroatoms. The molecule has 0 spiro atoms. The minimum atomic E-state index is -0.515. The summed E-state index contributed by atoms with van der Waals surface area (Å²) in [5.41, 5.74) is 5.23. The van der Waals surface area contributed by atoms with E-state index in [1.807, 2.05) is 0 Å². The Morgan fingerprint density at radius 3 is 3.18 bits per heavy atom. The van der Waals surface area contributed by atoms with E-state index in [1.54, 1.807) is 0 Å². The predicted molar refractivity (Wildman–Crippen MR) is 38.2 cm³/mol. The first kappa shape index (κ1) is 8.00. The van der Waals surface area contributed by atoms with Crippen LogP contribution in [0.2, 0.25) is 0 Å². The first-order chi connectivity index (χ1) is 5.27. The topological polar surface area (TPSA) is 73.9 Å². The number of nitrogens with zero attached hydrogens (tertiary/aromatic N) is 1. The van der Waals surface area contributed by atoms with Crippen molar-refractivity contribution in [1.82, 2.24) is 0 Å². The van der Waals surface area contributed by atoms with E-state index in [-0.39, 0.29) is 19.1 Å². The van der Waals surface area contributed by atoms with Gasteiger partial charge in [0.25, 0.3) is 0 Å². The summed E-state index contributed by atoms with van der Waals surface area (Å²) >= 11 is 0. The minimum Gasteiger partial charge on any atom is -0.477 e. The van der Waals surface area contributed by atoms with Crippen LogP contribution in [-0.4, -0.2) is 38.2 Å². The molecule has 0 bridgehead atoms. The lowest BCUT2D eigenvalue weighted by Crippen LogP contribution is -2.21. The lowest BCUT2D eigenvalue weighted by Gasteiger charge is -1.99. The van der Waals surface area contributed by atoms with E-state index < -0.39 is 6.04 Å². The number of rotatable bonds is 2. The number of methoxy groups -OCH3 is 1. The Morgan fingerprint density at radius 1 is 2.00 bits per heavy atom. The van der Waals surface area contributed by atoms with Crippen LogP contribution in [0.4, 0.5) is 0 Å². The van der Waals surface area contributed by atoms with Crippen LogP contribution >= 0.6 is 0 Å². The quantitative estimate of drug-likeness (QED) is 0.518. The van der Waals surface area contributed by atoms with E-state index in [1.165, 1.54) is 7.11 Å². The van der Waals surface area contributed by atoms with Crippen LogP contribution in [0.5, 0.6) is 0 Å². The van der Waals surface area contributed by atoms with Gasteiger partial charge in [0.05, 0.1) is 13.7 Å². The highest BCUT2D eigenvalue weighted by Gasteiger charge is 2.25. The maximum absolute atomic E-state index is 10.8. The summed E-state index contributed by atoms with van der Waals surface area (Å²) in [5, 5.41) is 0. The summed E-state index contributed by atoms with van der Waals surface area (Å²) in [6.45, 7) is 0.479. The van der Waals surface area contributed by atoms with Gasteiger partial charge in [0.2, 0.25) is 0 Å². The lowest BCUT2D eigenvalue weighted by molar-refractivity contribution is -0.142. The van der Waals surface area contributed by atoms with E-state index in [4.69, 9.17) is 10.5 Å². The number of nitrogens with two attached hydrogens (primary N) is 1. The van der Waals surface area contributed by atoms with Crippen molar-refractivity contribution in [2.24, 2.45) is 10.7 Å². The molecule has 5 nitrogen and oxygen atoms in total. The standard InChI is InChI=1S/C6H10N2O3/c1-10-6(9)4-3-11-5(2-7)8-4/h4H,2-3,7H2,1H3. The van der Waals surface area contributed by atoms with Crippen molar-refractivity contribution in [1.29, 1.82) is 0 Å². The zero-order valence-corrected chi connectivity index (χ0v) is 6.24. The fraction of sp³-hybridized carbons (Fsp3) is 0.667. The third kappa shape index (κ3) is 1.68. The van der Waals surface area contributed by atoms with Gasteiger partial charge in [-0.05, 0) is 0 Å². The van der Waals surface area contributed by atoms with Crippen LogP contribution in [0.3, 0.4) is 0 Å². The molecule has 0 saturated carbocycles. The van der Waals surface area contributed by atoms with Gasteiger partial charge < -0.3 is 15.2 Å². The Labute approximate surface area is 64.2 Å². The normalized spacial score (nSPS) is 22.4. The maximum Gasteiger partial charge on any atom is 0.334 e. The number of esters is 1. The number of carbonyl (C=O) groups is 1. The van der Waals surface area contributed by atoms with Gasteiger partial charge in [-0.25, -0.2) is 9.79 Å². The lowest BCUT2D eigenvalue weighted by atomic mass is 10.3. The van der Waals surface area contributed by atoms with E-state index >= 15 is 0 Å². The molecule has 1 heterocycles. The number of hydrogen-bond donors (Lipinski definition) is 1. The smallest absolute Gasteiger partial charge is 0.334 e. The van der Waals surface area contributed by atoms with Crippen molar-refractivity contribution in [3.63, 3.8) is 0 Å². The van der Waals surface area contributed by atoms with Gasteiger partial charge in [-0.2, -0.15) is 0 Å². The molecule has 0 aromatic heterocycles. The Morgan fingerprint density at radius 2 is 2.73 bits per heavy atom. The van der Waals surface area contributed by atoms with E-state index in [0.29, 0.717) is 5.90 Å². The zero-order chi connectivity index (χ0) is 8.27. The number of aliphatic imine (C=N–C) groups is 1. The molecular weight excluding hydrogens is 148 g/mol. The summed E-state index contributed by atoms with van der Waals surface area (Å²) in [6.07, 6.45) is 0. The molecule has 1 atom stereocenters. The van der Waals surface area contributed by atoms with Crippen molar-refractivity contribution < 1.29 is 14.3 Å². The van der Waals surface area contributed by atoms with Crippen LogP contribution in [-0.2, 0) is 14.3 Å². The van der Waals surface area contributed by atoms with Gasteiger partial charge in [0.1, 0.15) is 6.61 Å². The number of carbonyl (C=O) groups excluding carboxylic acids is 1. The monoisotopic (exact) mass is 158 g/mol. The van der Waals surface area contributed by atoms with Crippen LogP contribution in [0.25, 0.3) is 0 Å². The Kier molecular flexibility index (Phi) is 2.43. The van der Waals surface area contributed by atoms with Gasteiger partial charge in [0, 0.05) is 0 Å². The fourth-order valence-corrected chi connectivity index (χ4v) is 0.792. The van der Waals surface area contributed by atoms with Gasteiger partial charge in [-0.3, -0.25) is 0 Å². The summed E-state index contributed by atoms with van der Waals surface area (Å²) < 4.78 is 9.42. The van der Waals surface area contributed by atoms with Crippen LogP contribution in [0.1, 0.15) is 0 Å². The highest BCUT2D eigenvalue weighted by molar-refractivity contribution is 5.86. The third-order valence-electron chi connectivity index (χ3n) is 1.36. The van der Waals surface area contributed by atoms with Crippen molar-refractivity contribution >= 4 is 11.9 Å². The summed E-state index contributed by atoms with van der Waals surface area (Å²) in [6, 6.07) is -0.515. The number of ether oxygens (including phenoxy) is 2. The van der Waals surface area contributed by atoms with Crippen molar-refractivity contribution in [3.05, 3.63) is 0 Å². The molecule has 0 radical (unpaired) electrons. The maximum atomic E-state index is 10.8. The second kappa shape index (κ2) is 3.34. The molecule has 0 saturated heterocycles. The van der Waals surface area contributed by atoms with Gasteiger partial charge >= 0.3 is 5.97 Å². The van der Waals surface area contributed by atoms with E-state index in [0.717, 1.165) is 0 Å². The molecular formula is C6H10N2O3. The highest BCUT2D eigenvalue weighted by atomic mass is 16.5. The summed E-state index contributed by atoms with van der Waals surface area (Å²) in [7, 11) is 1.32. The molecule has 1 aliphatic rings. The Hall–Kier alpha value is -1.10. The van der Waals surface area contributed by atoms with Crippen LogP contribution in [0.15, 0.2) is 4.99 Å². The van der Waals surface area contributed by atoms with Gasteiger partial charge in [0.15, 0.2) is 11.9 Å². The van der Waals surface area contributed by atoms with E-state index in [2.05, 4.69) is 9.73 Å². The first-order valence-corrected chi connectivity index (χ1v) is 3.25.